The predicted molar refractivity (Wildman–Crippen MR) is 270 cm³/mol. The molecule has 22 heteroatoms. The Balaban J connectivity index is 0.00000481. The maximum atomic E-state index is 6.76. The molecule has 2 fully saturated rings. The van der Waals surface area contributed by atoms with Gasteiger partial charge in [0, 0.05) is 106 Å². The van der Waals surface area contributed by atoms with Crippen LogP contribution < -0.4 is 14.7 Å². The average molecular weight is 877 g/mol. The van der Waals surface area contributed by atoms with Crippen LogP contribution in [0.15, 0.2) is 109 Å². The van der Waals surface area contributed by atoms with E-state index in [0.717, 1.165) is 49.5 Å². The van der Waals surface area contributed by atoms with Crippen molar-refractivity contribution >= 4 is 132 Å². The van der Waals surface area contributed by atoms with Crippen molar-refractivity contribution in [3.8, 4) is 57.1 Å². The van der Waals surface area contributed by atoms with Crippen molar-refractivity contribution in [2.24, 2.45) is 0 Å². The van der Waals surface area contributed by atoms with E-state index in [1.165, 1.54) is 0 Å². The van der Waals surface area contributed by atoms with Gasteiger partial charge in [0.15, 0.2) is 11.6 Å². The van der Waals surface area contributed by atoms with Crippen LogP contribution in [-0.2, 0) is 32.3 Å². The Bertz CT molecular complexity index is 3400. The molecule has 9 nitrogen and oxygen atoms in total. The van der Waals surface area contributed by atoms with Crippen LogP contribution in [-0.4, -0.2) is 118 Å². The molecule has 4 aliphatic heterocycles. The molecular formula is C44H24B12N8OZn. The molecule has 8 aromatic rings. The summed E-state index contributed by atoms with van der Waals surface area (Å²) in [7, 11) is 44.2. The SMILES string of the molecule is [B][11B]C1[11B]([B])C1([11B][B])Cc1cc(CC2([11B][B])[11B]([B])C2[11B][B])cc(Oc2ccc3c4nc5nc(nc6nc(nc7[n-]c(nc([n-]4)c3c2)c2ccccc72)-c2ccccc2-6)-c2ccccc2-5)c1.[Zn+2]. The molecule has 7 heterocycles. The second-order valence-corrected chi connectivity index (χ2v) is 17.3. The molecule has 0 aliphatic carbocycles. The first-order chi connectivity index (χ1) is 31.7. The molecule has 8 bridgehead atoms. The molecule has 4 unspecified atom stereocenters. The van der Waals surface area contributed by atoms with E-state index in [1.807, 2.05) is 103 Å². The minimum absolute atomic E-state index is 0. The molecule has 4 atom stereocenters. The van der Waals surface area contributed by atoms with Crippen molar-refractivity contribution in [1.29, 1.82) is 0 Å². The molecule has 0 saturated carbocycles. The van der Waals surface area contributed by atoms with Gasteiger partial charge in [0.1, 0.15) is 11.5 Å². The molecule has 16 radical (unpaired) electrons. The van der Waals surface area contributed by atoms with Crippen molar-refractivity contribution < 1.29 is 24.2 Å². The Hall–Kier alpha value is -5.34. The van der Waals surface area contributed by atoms with Gasteiger partial charge >= 0.3 is 19.5 Å². The fraction of sp³-hybridized carbons (Fsp3) is 0.136. The minimum Gasteiger partial charge on any atom is -0.457 e. The predicted octanol–water partition coefficient (Wildman–Crippen LogP) is 4.55. The van der Waals surface area contributed by atoms with Crippen LogP contribution in [0, 0.1) is 0 Å². The van der Waals surface area contributed by atoms with Gasteiger partial charge in [0.05, 0.1) is 39.2 Å². The Morgan fingerprint density at radius 1 is 0.485 bits per heavy atom. The summed E-state index contributed by atoms with van der Waals surface area (Å²) < 4.78 is 6.76. The van der Waals surface area contributed by atoms with Gasteiger partial charge in [-0.2, -0.15) is 0 Å². The number of benzene rings is 5. The third kappa shape index (κ3) is 6.86. The quantitative estimate of drug-likeness (QED) is 0.183. The summed E-state index contributed by atoms with van der Waals surface area (Å²) in [4.78, 5) is 40.3. The number of fused-ring (bicyclic) bond motifs is 20. The van der Waals surface area contributed by atoms with Gasteiger partial charge in [0.25, 0.3) is 0 Å². The summed E-state index contributed by atoms with van der Waals surface area (Å²) in [6, 6.07) is 35.5. The van der Waals surface area contributed by atoms with E-state index in [1.54, 1.807) is 28.7 Å². The zero-order valence-corrected chi connectivity index (χ0v) is 38.5. The van der Waals surface area contributed by atoms with E-state index in [4.69, 9.17) is 91.0 Å². The van der Waals surface area contributed by atoms with E-state index in [-0.39, 0.29) is 44.1 Å². The number of ether oxygens (including phenoxy) is 1. The van der Waals surface area contributed by atoms with Crippen LogP contribution in [0.5, 0.6) is 11.5 Å². The summed E-state index contributed by atoms with van der Waals surface area (Å²) in [5.41, 5.74) is 6.96. The maximum Gasteiger partial charge on any atom is 2.00 e. The van der Waals surface area contributed by atoms with Crippen molar-refractivity contribution in [3.63, 3.8) is 0 Å². The molecule has 3 aromatic heterocycles. The smallest absolute Gasteiger partial charge is 0.457 e. The minimum atomic E-state index is -0.487. The number of nitrogens with zero attached hydrogens (tertiary/aromatic N) is 8. The molecule has 5 aromatic carbocycles. The summed E-state index contributed by atoms with van der Waals surface area (Å²) in [6.07, 6.45) is 1.11. The zero-order chi connectivity index (χ0) is 44.2. The first-order valence-electron chi connectivity index (χ1n) is 21.4. The van der Waals surface area contributed by atoms with Gasteiger partial charge in [-0.15, -0.1) is 21.9 Å². The number of hydrogen-bond donors (Lipinski definition) is 0. The van der Waals surface area contributed by atoms with E-state index in [9.17, 15) is 0 Å². The zero-order valence-electron chi connectivity index (χ0n) is 35.6. The molecule has 0 spiro atoms. The van der Waals surface area contributed by atoms with Crippen LogP contribution in [0.4, 0.5) is 0 Å². The van der Waals surface area contributed by atoms with E-state index in [2.05, 4.69) is 6.07 Å². The van der Waals surface area contributed by atoms with Gasteiger partial charge < -0.3 is 29.7 Å². The van der Waals surface area contributed by atoms with E-state index >= 15 is 0 Å². The summed E-state index contributed by atoms with van der Waals surface area (Å²) >= 11 is 0. The molecule has 2 saturated heterocycles. The van der Waals surface area contributed by atoms with Crippen molar-refractivity contribution in [2.75, 3.05) is 0 Å². The first-order valence-corrected chi connectivity index (χ1v) is 21.4. The molecule has 12 rings (SSSR count). The van der Waals surface area contributed by atoms with Gasteiger partial charge in [-0.3, -0.25) is 0 Å². The van der Waals surface area contributed by atoms with Crippen LogP contribution in [0.3, 0.4) is 0 Å². The van der Waals surface area contributed by atoms with Gasteiger partial charge in [-0.25, -0.2) is 15.0 Å². The normalized spacial score (nSPS) is 19.9. The third-order valence-corrected chi connectivity index (χ3v) is 13.7. The second-order valence-electron chi connectivity index (χ2n) is 17.3. The fourth-order valence-electron chi connectivity index (χ4n) is 10.1. The van der Waals surface area contributed by atoms with Crippen LogP contribution in [0.1, 0.15) is 11.1 Å². The van der Waals surface area contributed by atoms with Crippen molar-refractivity contribution in [2.45, 2.75) is 34.7 Å². The summed E-state index contributed by atoms with van der Waals surface area (Å²) in [5, 5.41) is 2.10. The molecule has 284 valence electrons. The van der Waals surface area contributed by atoms with Crippen molar-refractivity contribution in [1.82, 2.24) is 39.9 Å². The topological polar surface area (TPSA) is 115 Å². The third-order valence-electron chi connectivity index (χ3n) is 13.7. The van der Waals surface area contributed by atoms with Gasteiger partial charge in [-0.1, -0.05) is 78.9 Å². The monoisotopic (exact) mass is 876 g/mol. The second kappa shape index (κ2) is 16.5. The van der Waals surface area contributed by atoms with Gasteiger partial charge in [-0.05, 0) is 75.8 Å². The Labute approximate surface area is 406 Å². The van der Waals surface area contributed by atoms with E-state index < -0.39 is 10.4 Å². The number of aromatic nitrogens is 8. The molecule has 66 heavy (non-hydrogen) atoms. The Morgan fingerprint density at radius 2 is 0.894 bits per heavy atom. The molecule has 0 N–H and O–H groups in total. The Morgan fingerprint density at radius 3 is 1.33 bits per heavy atom. The molecule has 0 amide bonds. The summed E-state index contributed by atoms with van der Waals surface area (Å²) in [5.74, 6) is 3.11. The van der Waals surface area contributed by atoms with Crippen LogP contribution >= 0.6 is 0 Å². The number of hydrogen-bond acceptors (Lipinski definition) is 7. The van der Waals surface area contributed by atoms with Crippen LogP contribution in [0.2, 0.25) is 21.9 Å². The first kappa shape index (κ1) is 43.2. The molecule has 4 aliphatic rings. The van der Waals surface area contributed by atoms with E-state index in [0.29, 0.717) is 75.6 Å². The maximum absolute atomic E-state index is 6.76. The fourth-order valence-corrected chi connectivity index (χ4v) is 10.1. The summed E-state index contributed by atoms with van der Waals surface area (Å²) in [6.45, 7) is -0.408. The van der Waals surface area contributed by atoms with Gasteiger partial charge in [0.2, 0.25) is 0 Å². The average Bonchev–Trinajstić information content (AvgIpc) is 3.65. The molecular weight excluding hydrogens is 853 g/mol. The number of rotatable bonds is 10. The largest absolute Gasteiger partial charge is 2.00 e. The standard InChI is InChI=1S/C44H24B12N8O.Zn/c45-51-41-43(53-47,55(41)49)19-21-15-22(20-44(54-48)42(52-46)56(44)50)17-24(16-21)65-23-13-14-31-32(18-23)40-63-38-30-12-6-5-11-29(30)36(61-38)59-34-26-8-2-1-7-25(26)33(57-34)58-35-27-9-3-4-10-28(27)37(60-35)62-39(31)64-40;/h1-18,41-42H,19-20H2;/q-2;+2/i51+0,52+0,53+0,54+0,55+0,56+0;. The van der Waals surface area contributed by atoms with Crippen molar-refractivity contribution in [3.05, 3.63) is 120 Å². The van der Waals surface area contributed by atoms with Crippen LogP contribution in [0.25, 0.3) is 89.7 Å². The Kier molecular flexibility index (Phi) is 10.8.